The number of fused-ring (bicyclic) bond motifs is 1. The van der Waals surface area contributed by atoms with Crippen molar-refractivity contribution < 1.29 is 4.79 Å². The van der Waals surface area contributed by atoms with Gasteiger partial charge in [-0.25, -0.2) is 4.98 Å². The SMILES string of the molecule is O=C(C1CCCCC1)N1CCN(c2ccnc3nncn23)CC1. The minimum Gasteiger partial charge on any atom is -0.354 e. The van der Waals surface area contributed by atoms with E-state index in [0.717, 1.165) is 44.8 Å². The van der Waals surface area contributed by atoms with Crippen molar-refractivity contribution in [3.05, 3.63) is 18.6 Å². The van der Waals surface area contributed by atoms with Crippen LogP contribution in [0.5, 0.6) is 0 Å². The predicted octanol–water partition coefficient (Wildman–Crippen LogP) is 1.35. The van der Waals surface area contributed by atoms with Gasteiger partial charge in [-0.2, -0.15) is 0 Å². The van der Waals surface area contributed by atoms with Crippen LogP contribution in [-0.2, 0) is 4.79 Å². The molecule has 2 fully saturated rings. The first kappa shape index (κ1) is 14.4. The van der Waals surface area contributed by atoms with Crippen LogP contribution in [0.3, 0.4) is 0 Å². The molecule has 1 aliphatic carbocycles. The normalized spacial score (nSPS) is 20.2. The third kappa shape index (κ3) is 2.75. The van der Waals surface area contributed by atoms with Crippen LogP contribution in [0.25, 0.3) is 5.78 Å². The zero-order valence-corrected chi connectivity index (χ0v) is 13.3. The summed E-state index contributed by atoms with van der Waals surface area (Å²) >= 11 is 0. The first-order chi connectivity index (χ1) is 11.3. The van der Waals surface area contributed by atoms with Crippen molar-refractivity contribution in [2.75, 3.05) is 31.1 Å². The Morgan fingerprint density at radius 3 is 2.65 bits per heavy atom. The van der Waals surface area contributed by atoms with Gasteiger partial charge >= 0.3 is 0 Å². The topological polar surface area (TPSA) is 66.6 Å². The first-order valence-corrected chi connectivity index (χ1v) is 8.51. The molecule has 0 bridgehead atoms. The molecule has 0 unspecified atom stereocenters. The molecular formula is C16H22N6O. The number of hydrogen-bond acceptors (Lipinski definition) is 5. The Balaban J connectivity index is 1.42. The largest absolute Gasteiger partial charge is 0.354 e. The van der Waals surface area contributed by atoms with Crippen molar-refractivity contribution in [2.45, 2.75) is 32.1 Å². The summed E-state index contributed by atoms with van der Waals surface area (Å²) in [5.41, 5.74) is 0. The lowest BCUT2D eigenvalue weighted by atomic mass is 9.88. The van der Waals surface area contributed by atoms with Crippen LogP contribution in [0.15, 0.2) is 18.6 Å². The molecule has 2 aromatic rings. The number of aromatic nitrogens is 4. The van der Waals surface area contributed by atoms with E-state index in [2.05, 4.69) is 25.0 Å². The number of hydrogen-bond donors (Lipinski definition) is 0. The van der Waals surface area contributed by atoms with Crippen LogP contribution < -0.4 is 4.90 Å². The van der Waals surface area contributed by atoms with E-state index in [-0.39, 0.29) is 5.92 Å². The van der Waals surface area contributed by atoms with Gasteiger partial charge in [-0.15, -0.1) is 10.2 Å². The number of anilines is 1. The van der Waals surface area contributed by atoms with Gasteiger partial charge in [-0.3, -0.25) is 9.20 Å². The van der Waals surface area contributed by atoms with Gasteiger partial charge in [0.1, 0.15) is 12.1 Å². The van der Waals surface area contributed by atoms with Gasteiger partial charge in [0.05, 0.1) is 0 Å². The molecule has 23 heavy (non-hydrogen) atoms. The van der Waals surface area contributed by atoms with Crippen LogP contribution in [-0.4, -0.2) is 56.6 Å². The summed E-state index contributed by atoms with van der Waals surface area (Å²) in [7, 11) is 0. The van der Waals surface area contributed by atoms with E-state index in [4.69, 9.17) is 0 Å². The Bertz CT molecular complexity index is 685. The molecule has 1 aliphatic heterocycles. The van der Waals surface area contributed by atoms with Gasteiger partial charge in [0.15, 0.2) is 0 Å². The number of rotatable bonds is 2. The standard InChI is InChI=1S/C16H22N6O/c23-15(13-4-2-1-3-5-13)21-10-8-20(9-11-21)14-6-7-17-16-19-18-12-22(14)16/h6-7,12-13H,1-5,8-11H2. The molecule has 122 valence electrons. The maximum Gasteiger partial charge on any atom is 0.256 e. The smallest absolute Gasteiger partial charge is 0.256 e. The molecule has 1 saturated heterocycles. The second-order valence-electron chi connectivity index (χ2n) is 6.45. The fourth-order valence-corrected chi connectivity index (χ4v) is 3.75. The van der Waals surface area contributed by atoms with Crippen molar-refractivity contribution in [3.63, 3.8) is 0 Å². The highest BCUT2D eigenvalue weighted by molar-refractivity contribution is 5.79. The molecule has 1 saturated carbocycles. The van der Waals surface area contributed by atoms with Crippen LogP contribution >= 0.6 is 0 Å². The lowest BCUT2D eigenvalue weighted by Crippen LogP contribution is -2.51. The molecule has 2 aliphatic rings. The van der Waals surface area contributed by atoms with Gasteiger partial charge < -0.3 is 9.80 Å². The summed E-state index contributed by atoms with van der Waals surface area (Å²) in [4.78, 5) is 21.2. The fraction of sp³-hybridized carbons (Fsp3) is 0.625. The first-order valence-electron chi connectivity index (χ1n) is 8.51. The molecule has 3 heterocycles. The quantitative estimate of drug-likeness (QED) is 0.837. The van der Waals surface area contributed by atoms with Crippen molar-refractivity contribution in [2.24, 2.45) is 5.92 Å². The molecule has 0 N–H and O–H groups in total. The molecular weight excluding hydrogens is 292 g/mol. The number of carbonyl (C=O) groups is 1. The zero-order valence-electron chi connectivity index (χ0n) is 13.3. The summed E-state index contributed by atoms with van der Waals surface area (Å²) < 4.78 is 1.90. The lowest BCUT2D eigenvalue weighted by Gasteiger charge is -2.38. The minimum atomic E-state index is 0.265. The van der Waals surface area contributed by atoms with E-state index in [1.165, 1.54) is 19.3 Å². The molecule has 7 nitrogen and oxygen atoms in total. The average Bonchev–Trinajstić information content (AvgIpc) is 3.11. The van der Waals surface area contributed by atoms with E-state index >= 15 is 0 Å². The monoisotopic (exact) mass is 314 g/mol. The molecule has 0 radical (unpaired) electrons. The molecule has 0 aromatic carbocycles. The molecule has 4 rings (SSSR count). The minimum absolute atomic E-state index is 0.265. The summed E-state index contributed by atoms with van der Waals surface area (Å²) in [6.45, 7) is 3.27. The van der Waals surface area contributed by atoms with Crippen LogP contribution in [0.1, 0.15) is 32.1 Å². The average molecular weight is 314 g/mol. The summed E-state index contributed by atoms with van der Waals surface area (Å²) in [6.07, 6.45) is 9.30. The highest BCUT2D eigenvalue weighted by Crippen LogP contribution is 2.26. The van der Waals surface area contributed by atoms with Gasteiger partial charge in [0.25, 0.3) is 5.78 Å². The molecule has 0 atom stereocenters. The third-order valence-corrected chi connectivity index (χ3v) is 5.06. The zero-order chi connectivity index (χ0) is 15.6. The Morgan fingerprint density at radius 1 is 1.09 bits per heavy atom. The van der Waals surface area contributed by atoms with Crippen molar-refractivity contribution in [3.8, 4) is 0 Å². The van der Waals surface area contributed by atoms with Crippen molar-refractivity contribution >= 4 is 17.5 Å². The number of carbonyl (C=O) groups excluding carboxylic acids is 1. The van der Waals surface area contributed by atoms with E-state index in [1.54, 1.807) is 12.5 Å². The van der Waals surface area contributed by atoms with Crippen LogP contribution in [0.2, 0.25) is 0 Å². The second kappa shape index (κ2) is 6.14. The van der Waals surface area contributed by atoms with E-state index < -0.39 is 0 Å². The Labute approximate surface area is 135 Å². The Kier molecular flexibility index (Phi) is 3.85. The Morgan fingerprint density at radius 2 is 1.87 bits per heavy atom. The van der Waals surface area contributed by atoms with Gasteiger partial charge in [-0.05, 0) is 18.9 Å². The fourth-order valence-electron chi connectivity index (χ4n) is 3.75. The second-order valence-corrected chi connectivity index (χ2v) is 6.45. The highest BCUT2D eigenvalue weighted by atomic mass is 16.2. The number of piperazine rings is 1. The maximum absolute atomic E-state index is 12.6. The molecule has 2 aromatic heterocycles. The van der Waals surface area contributed by atoms with Crippen molar-refractivity contribution in [1.29, 1.82) is 0 Å². The summed E-state index contributed by atoms with van der Waals surface area (Å²) in [5, 5.41) is 7.91. The predicted molar refractivity (Wildman–Crippen MR) is 86.2 cm³/mol. The van der Waals surface area contributed by atoms with Gasteiger partial charge in [-0.1, -0.05) is 19.3 Å². The van der Waals surface area contributed by atoms with Crippen molar-refractivity contribution in [1.82, 2.24) is 24.5 Å². The van der Waals surface area contributed by atoms with Gasteiger partial charge in [0, 0.05) is 38.3 Å². The van der Waals surface area contributed by atoms with E-state index in [0.29, 0.717) is 11.7 Å². The van der Waals surface area contributed by atoms with Crippen LogP contribution in [0, 0.1) is 5.92 Å². The summed E-state index contributed by atoms with van der Waals surface area (Å²) in [6, 6.07) is 1.98. The van der Waals surface area contributed by atoms with E-state index in [1.807, 2.05) is 10.5 Å². The van der Waals surface area contributed by atoms with Crippen LogP contribution in [0.4, 0.5) is 5.82 Å². The summed E-state index contributed by atoms with van der Waals surface area (Å²) in [5.74, 6) is 2.29. The Hall–Kier alpha value is -2.18. The highest BCUT2D eigenvalue weighted by Gasteiger charge is 2.28. The number of nitrogens with zero attached hydrogens (tertiary/aromatic N) is 6. The third-order valence-electron chi connectivity index (χ3n) is 5.06. The molecule has 7 heteroatoms. The molecule has 1 amide bonds. The maximum atomic E-state index is 12.6. The lowest BCUT2D eigenvalue weighted by molar-refractivity contribution is -0.136. The molecule has 0 spiro atoms. The van der Waals surface area contributed by atoms with E-state index in [9.17, 15) is 4.79 Å². The van der Waals surface area contributed by atoms with Gasteiger partial charge in [0.2, 0.25) is 5.91 Å². The number of amides is 1.